The molecule has 1 aromatic carbocycles. The van der Waals surface area contributed by atoms with Crippen LogP contribution < -0.4 is 10.1 Å². The lowest BCUT2D eigenvalue weighted by Gasteiger charge is -2.29. The van der Waals surface area contributed by atoms with Gasteiger partial charge in [-0.1, -0.05) is 23.2 Å². The molecule has 19 heavy (non-hydrogen) atoms. The highest BCUT2D eigenvalue weighted by Crippen LogP contribution is 2.47. The number of fused-ring (bicyclic) bond motifs is 1. The summed E-state index contributed by atoms with van der Waals surface area (Å²) in [5.74, 6) is 0.795. The van der Waals surface area contributed by atoms with E-state index in [2.05, 4.69) is 11.6 Å². The van der Waals surface area contributed by atoms with Crippen LogP contribution in [-0.4, -0.2) is 24.2 Å². The second kappa shape index (κ2) is 5.36. The van der Waals surface area contributed by atoms with Crippen LogP contribution in [0.4, 0.5) is 0 Å². The molecule has 1 atom stereocenters. The highest BCUT2D eigenvalue weighted by Gasteiger charge is 2.42. The molecule has 2 nitrogen and oxygen atoms in total. The zero-order valence-corrected chi connectivity index (χ0v) is 13.2. The predicted octanol–water partition coefficient (Wildman–Crippen LogP) is 4.30. The van der Waals surface area contributed by atoms with E-state index in [1.54, 1.807) is 6.07 Å². The Morgan fingerprint density at radius 3 is 2.89 bits per heavy atom. The Kier molecular flexibility index (Phi) is 3.91. The monoisotopic (exact) mass is 317 g/mol. The summed E-state index contributed by atoms with van der Waals surface area (Å²) in [5, 5.41) is 4.95. The summed E-state index contributed by atoms with van der Waals surface area (Å²) in [5.41, 5.74) is 1.10. The fourth-order valence-corrected chi connectivity index (χ4v) is 3.84. The van der Waals surface area contributed by atoms with Crippen molar-refractivity contribution in [2.45, 2.75) is 30.1 Å². The first-order chi connectivity index (χ1) is 9.13. The van der Waals surface area contributed by atoms with Crippen LogP contribution in [-0.2, 0) is 0 Å². The van der Waals surface area contributed by atoms with Crippen LogP contribution in [0.1, 0.15) is 30.9 Å². The highest BCUT2D eigenvalue weighted by atomic mass is 35.5. The quantitative estimate of drug-likeness (QED) is 0.894. The van der Waals surface area contributed by atoms with Gasteiger partial charge in [0.2, 0.25) is 0 Å². The van der Waals surface area contributed by atoms with Gasteiger partial charge in [-0.3, -0.25) is 0 Å². The van der Waals surface area contributed by atoms with Crippen molar-refractivity contribution >= 4 is 35.0 Å². The van der Waals surface area contributed by atoms with Gasteiger partial charge in [-0.2, -0.15) is 11.8 Å². The Labute approximate surface area is 128 Å². The van der Waals surface area contributed by atoms with Gasteiger partial charge in [0.1, 0.15) is 5.75 Å². The van der Waals surface area contributed by atoms with Crippen LogP contribution in [0.5, 0.6) is 5.75 Å². The smallest absolute Gasteiger partial charge is 0.142 e. The van der Waals surface area contributed by atoms with Gasteiger partial charge < -0.3 is 10.1 Å². The van der Waals surface area contributed by atoms with Crippen LogP contribution in [0.3, 0.4) is 0 Å². The maximum Gasteiger partial charge on any atom is 0.142 e. The van der Waals surface area contributed by atoms with Crippen molar-refractivity contribution in [3.05, 3.63) is 27.7 Å². The van der Waals surface area contributed by atoms with Crippen LogP contribution in [0.2, 0.25) is 10.0 Å². The summed E-state index contributed by atoms with van der Waals surface area (Å²) in [4.78, 5) is 0. The van der Waals surface area contributed by atoms with Gasteiger partial charge in [-0.25, -0.2) is 0 Å². The Morgan fingerprint density at radius 2 is 2.21 bits per heavy atom. The maximum atomic E-state index is 6.20. The van der Waals surface area contributed by atoms with Crippen molar-refractivity contribution in [1.82, 2.24) is 5.32 Å². The standard InChI is InChI=1S/C14H17Cl2NOS/c1-19-14(3-4-14)8-17-12-2-5-18-13-10(12)6-9(15)7-11(13)16/h6-7,12,17H,2-5,8H2,1H3. The molecular formula is C14H17Cl2NOS. The van der Waals surface area contributed by atoms with Gasteiger partial charge in [0.05, 0.1) is 11.6 Å². The molecular weight excluding hydrogens is 301 g/mol. The normalized spacial score (nSPS) is 23.6. The lowest BCUT2D eigenvalue weighted by molar-refractivity contribution is 0.253. The summed E-state index contributed by atoms with van der Waals surface area (Å²) in [6.45, 7) is 1.75. The van der Waals surface area contributed by atoms with Gasteiger partial charge in [0, 0.05) is 34.3 Å². The van der Waals surface area contributed by atoms with Crippen molar-refractivity contribution in [3.8, 4) is 5.75 Å². The molecule has 1 saturated carbocycles. The molecule has 1 aromatic rings. The van der Waals surface area contributed by atoms with E-state index in [0.29, 0.717) is 27.4 Å². The summed E-state index contributed by atoms with van der Waals surface area (Å²) in [6, 6.07) is 4.01. The van der Waals surface area contributed by atoms with Crippen LogP contribution >= 0.6 is 35.0 Å². The third kappa shape index (κ3) is 2.85. The number of rotatable bonds is 4. The lowest BCUT2D eigenvalue weighted by Crippen LogP contribution is -2.33. The number of hydrogen-bond donors (Lipinski definition) is 1. The first-order valence-corrected chi connectivity index (χ1v) is 8.52. The molecule has 1 aliphatic heterocycles. The van der Waals surface area contributed by atoms with Gasteiger partial charge in [0.25, 0.3) is 0 Å². The Balaban J connectivity index is 1.78. The number of thioether (sulfide) groups is 1. The van der Waals surface area contributed by atoms with Crippen LogP contribution in [0, 0.1) is 0 Å². The van der Waals surface area contributed by atoms with Crippen molar-refractivity contribution in [2.75, 3.05) is 19.4 Å². The summed E-state index contributed by atoms with van der Waals surface area (Å²) in [7, 11) is 0. The van der Waals surface area contributed by atoms with Crippen molar-refractivity contribution in [1.29, 1.82) is 0 Å². The maximum absolute atomic E-state index is 6.20. The third-order valence-electron chi connectivity index (χ3n) is 3.98. The average Bonchev–Trinajstić information content (AvgIpc) is 3.17. The molecule has 1 aliphatic carbocycles. The number of hydrogen-bond acceptors (Lipinski definition) is 3. The molecule has 3 rings (SSSR count). The average molecular weight is 318 g/mol. The molecule has 2 aliphatic rings. The molecule has 1 N–H and O–H groups in total. The molecule has 0 radical (unpaired) electrons. The molecule has 5 heteroatoms. The number of ether oxygens (including phenoxy) is 1. The molecule has 1 fully saturated rings. The molecule has 104 valence electrons. The van der Waals surface area contributed by atoms with E-state index < -0.39 is 0 Å². The van der Waals surface area contributed by atoms with Crippen molar-refractivity contribution in [2.24, 2.45) is 0 Å². The topological polar surface area (TPSA) is 21.3 Å². The van der Waals surface area contributed by atoms with E-state index >= 15 is 0 Å². The number of benzene rings is 1. The fraction of sp³-hybridized carbons (Fsp3) is 0.571. The van der Waals surface area contributed by atoms with Crippen molar-refractivity contribution < 1.29 is 4.74 Å². The predicted molar refractivity (Wildman–Crippen MR) is 82.8 cm³/mol. The molecule has 0 bridgehead atoms. The fourth-order valence-electron chi connectivity index (χ4n) is 2.54. The first kappa shape index (κ1) is 13.9. The minimum absolute atomic E-state index is 0.296. The molecule has 1 unspecified atom stereocenters. The van der Waals surface area contributed by atoms with Gasteiger partial charge >= 0.3 is 0 Å². The zero-order chi connectivity index (χ0) is 13.5. The molecule has 0 spiro atoms. The molecule has 0 amide bonds. The van der Waals surface area contributed by atoms with E-state index in [9.17, 15) is 0 Å². The van der Waals surface area contributed by atoms with E-state index in [1.807, 2.05) is 17.8 Å². The minimum atomic E-state index is 0.296. The zero-order valence-electron chi connectivity index (χ0n) is 10.8. The summed E-state index contributed by atoms with van der Waals surface area (Å²) >= 11 is 14.3. The second-order valence-corrected chi connectivity index (χ2v) is 7.38. The molecule has 0 aromatic heterocycles. The van der Waals surface area contributed by atoms with Crippen molar-refractivity contribution in [3.63, 3.8) is 0 Å². The summed E-state index contributed by atoms with van der Waals surface area (Å²) in [6.07, 6.45) is 5.79. The van der Waals surface area contributed by atoms with Gasteiger partial charge in [0.15, 0.2) is 0 Å². The Hall–Kier alpha value is -0.0900. The number of nitrogens with one attached hydrogen (secondary N) is 1. The van der Waals surface area contributed by atoms with Crippen LogP contribution in [0.25, 0.3) is 0 Å². The van der Waals surface area contributed by atoms with E-state index in [-0.39, 0.29) is 0 Å². The highest BCUT2D eigenvalue weighted by molar-refractivity contribution is 8.00. The van der Waals surface area contributed by atoms with E-state index in [4.69, 9.17) is 27.9 Å². The molecule has 1 heterocycles. The number of halogens is 2. The molecule has 0 saturated heterocycles. The van der Waals surface area contributed by atoms with Crippen LogP contribution in [0.15, 0.2) is 12.1 Å². The largest absolute Gasteiger partial charge is 0.492 e. The minimum Gasteiger partial charge on any atom is -0.492 e. The lowest BCUT2D eigenvalue weighted by atomic mass is 10.0. The van der Waals surface area contributed by atoms with E-state index in [0.717, 1.165) is 24.3 Å². The van der Waals surface area contributed by atoms with Gasteiger partial charge in [-0.15, -0.1) is 0 Å². The first-order valence-electron chi connectivity index (χ1n) is 6.54. The third-order valence-corrected chi connectivity index (χ3v) is 5.89. The summed E-state index contributed by atoms with van der Waals surface area (Å²) < 4.78 is 6.14. The Bertz CT molecular complexity index is 491. The Morgan fingerprint density at radius 1 is 1.42 bits per heavy atom. The van der Waals surface area contributed by atoms with E-state index in [1.165, 1.54) is 12.8 Å². The second-order valence-electron chi connectivity index (χ2n) is 5.26. The SMILES string of the molecule is CSC1(CNC2CCOc3c(Cl)cc(Cl)cc32)CC1. The van der Waals surface area contributed by atoms with Gasteiger partial charge in [-0.05, 0) is 31.2 Å².